The van der Waals surface area contributed by atoms with E-state index in [1.807, 2.05) is 42.5 Å². The molecule has 8 heteroatoms. The zero-order chi connectivity index (χ0) is 20.9. The van der Waals surface area contributed by atoms with E-state index in [2.05, 4.69) is 20.0 Å². The van der Waals surface area contributed by atoms with Crippen molar-refractivity contribution < 1.29 is 9.84 Å². The molecule has 2 aromatic carbocycles. The summed E-state index contributed by atoms with van der Waals surface area (Å²) in [5, 5.41) is 18.4. The van der Waals surface area contributed by atoms with Gasteiger partial charge in [-0.25, -0.2) is 0 Å². The Kier molecular flexibility index (Phi) is 5.85. The minimum absolute atomic E-state index is 0.174. The van der Waals surface area contributed by atoms with Crippen molar-refractivity contribution in [3.8, 4) is 22.8 Å². The summed E-state index contributed by atoms with van der Waals surface area (Å²) in [6.45, 7) is 4.90. The standard InChI is InChI=1S/C22H26N6O2/c23-16-4-3-5-17(14-16)30-13-12-27-8-10-28(11-9-27)20-15-19(25-26-22(20)24)18-6-1-2-7-21(18)29/h1-7,14-15,29H,8-13,23H2,(H2,24,26). The second-order valence-electron chi connectivity index (χ2n) is 7.27. The highest BCUT2D eigenvalue weighted by molar-refractivity contribution is 5.74. The highest BCUT2D eigenvalue weighted by Gasteiger charge is 2.20. The van der Waals surface area contributed by atoms with Gasteiger partial charge in [0.05, 0.1) is 11.4 Å². The maximum Gasteiger partial charge on any atom is 0.169 e. The van der Waals surface area contributed by atoms with Crippen LogP contribution in [-0.2, 0) is 0 Å². The number of ether oxygens (including phenoxy) is 1. The SMILES string of the molecule is Nc1cccc(OCCN2CCN(c3cc(-c4ccccc4O)nnc3N)CC2)c1. The first-order valence-electron chi connectivity index (χ1n) is 9.97. The molecule has 5 N–H and O–H groups in total. The molecule has 0 radical (unpaired) electrons. The van der Waals surface area contributed by atoms with E-state index in [0.717, 1.165) is 44.2 Å². The molecule has 30 heavy (non-hydrogen) atoms. The van der Waals surface area contributed by atoms with E-state index in [4.69, 9.17) is 16.2 Å². The Hall–Kier alpha value is -3.52. The van der Waals surface area contributed by atoms with E-state index in [1.165, 1.54) is 0 Å². The number of piperazine rings is 1. The van der Waals surface area contributed by atoms with Gasteiger partial charge in [-0.3, -0.25) is 4.90 Å². The third-order valence-electron chi connectivity index (χ3n) is 5.23. The van der Waals surface area contributed by atoms with E-state index in [1.54, 1.807) is 12.1 Å². The van der Waals surface area contributed by atoms with Gasteiger partial charge in [-0.15, -0.1) is 10.2 Å². The fourth-order valence-electron chi connectivity index (χ4n) is 3.58. The van der Waals surface area contributed by atoms with Crippen molar-refractivity contribution in [2.75, 3.05) is 55.7 Å². The summed E-state index contributed by atoms with van der Waals surface area (Å²) in [5.74, 6) is 1.36. The molecule has 3 aromatic rings. The Labute approximate surface area is 175 Å². The molecular weight excluding hydrogens is 380 g/mol. The van der Waals surface area contributed by atoms with Gasteiger partial charge in [0.1, 0.15) is 18.1 Å². The van der Waals surface area contributed by atoms with Gasteiger partial charge in [-0.1, -0.05) is 18.2 Å². The summed E-state index contributed by atoms with van der Waals surface area (Å²) in [5.41, 5.74) is 14.7. The molecule has 0 bridgehead atoms. The van der Waals surface area contributed by atoms with Gasteiger partial charge < -0.3 is 26.2 Å². The fraction of sp³-hybridized carbons (Fsp3) is 0.273. The van der Waals surface area contributed by atoms with E-state index in [0.29, 0.717) is 29.4 Å². The van der Waals surface area contributed by atoms with Crippen LogP contribution in [0.25, 0.3) is 11.3 Å². The third-order valence-corrected chi connectivity index (χ3v) is 5.23. The lowest BCUT2D eigenvalue weighted by Gasteiger charge is -2.36. The monoisotopic (exact) mass is 406 g/mol. The average molecular weight is 406 g/mol. The maximum absolute atomic E-state index is 10.1. The lowest BCUT2D eigenvalue weighted by molar-refractivity contribution is 0.200. The number of nitrogen functional groups attached to an aromatic ring is 2. The second kappa shape index (κ2) is 8.87. The summed E-state index contributed by atoms with van der Waals surface area (Å²) in [4.78, 5) is 4.57. The Bertz CT molecular complexity index is 1000. The zero-order valence-corrected chi connectivity index (χ0v) is 16.7. The highest BCUT2D eigenvalue weighted by Crippen LogP contribution is 2.31. The van der Waals surface area contributed by atoms with E-state index in [9.17, 15) is 5.11 Å². The average Bonchev–Trinajstić information content (AvgIpc) is 2.75. The van der Waals surface area contributed by atoms with Gasteiger partial charge in [-0.2, -0.15) is 0 Å². The number of aromatic hydroxyl groups is 1. The Morgan fingerprint density at radius 3 is 2.50 bits per heavy atom. The number of benzene rings is 2. The Morgan fingerprint density at radius 1 is 0.933 bits per heavy atom. The minimum Gasteiger partial charge on any atom is -0.507 e. The smallest absolute Gasteiger partial charge is 0.169 e. The molecule has 0 spiro atoms. The normalized spacial score (nSPS) is 14.6. The van der Waals surface area contributed by atoms with Gasteiger partial charge in [0.15, 0.2) is 5.82 Å². The van der Waals surface area contributed by atoms with Crippen molar-refractivity contribution in [1.29, 1.82) is 0 Å². The van der Waals surface area contributed by atoms with Gasteiger partial charge in [0, 0.05) is 50.0 Å². The number of phenolic OH excluding ortho intramolecular Hbond substituents is 1. The topological polar surface area (TPSA) is 114 Å². The largest absolute Gasteiger partial charge is 0.507 e. The first-order valence-corrected chi connectivity index (χ1v) is 9.97. The van der Waals surface area contributed by atoms with Gasteiger partial charge in [-0.05, 0) is 30.3 Å². The molecule has 1 aromatic heterocycles. The predicted octanol–water partition coefficient (Wildman–Crippen LogP) is 2.21. The van der Waals surface area contributed by atoms with Crippen molar-refractivity contribution in [2.45, 2.75) is 0 Å². The number of phenols is 1. The number of nitrogens with two attached hydrogens (primary N) is 2. The van der Waals surface area contributed by atoms with Crippen LogP contribution >= 0.6 is 0 Å². The van der Waals surface area contributed by atoms with Crippen LogP contribution in [0.2, 0.25) is 0 Å². The molecular formula is C22H26N6O2. The Balaban J connectivity index is 1.35. The minimum atomic E-state index is 0.174. The van der Waals surface area contributed by atoms with Gasteiger partial charge in [0.25, 0.3) is 0 Å². The fourth-order valence-corrected chi connectivity index (χ4v) is 3.58. The van der Waals surface area contributed by atoms with Crippen molar-refractivity contribution in [3.05, 3.63) is 54.6 Å². The molecule has 1 aliphatic rings. The summed E-state index contributed by atoms with van der Waals surface area (Å²) < 4.78 is 5.80. The number of aromatic nitrogens is 2. The number of rotatable bonds is 6. The van der Waals surface area contributed by atoms with Crippen LogP contribution in [0.3, 0.4) is 0 Å². The second-order valence-corrected chi connectivity index (χ2v) is 7.27. The lowest BCUT2D eigenvalue weighted by atomic mass is 10.1. The van der Waals surface area contributed by atoms with Gasteiger partial charge in [0.2, 0.25) is 0 Å². The van der Waals surface area contributed by atoms with Crippen molar-refractivity contribution >= 4 is 17.2 Å². The molecule has 1 fully saturated rings. The lowest BCUT2D eigenvalue weighted by Crippen LogP contribution is -2.47. The van der Waals surface area contributed by atoms with E-state index >= 15 is 0 Å². The number of hydrogen-bond donors (Lipinski definition) is 3. The van der Waals surface area contributed by atoms with Gasteiger partial charge >= 0.3 is 0 Å². The van der Waals surface area contributed by atoms with E-state index in [-0.39, 0.29) is 5.75 Å². The van der Waals surface area contributed by atoms with Crippen LogP contribution in [0.1, 0.15) is 0 Å². The summed E-state index contributed by atoms with van der Waals surface area (Å²) in [7, 11) is 0. The molecule has 0 unspecified atom stereocenters. The first-order chi connectivity index (χ1) is 14.6. The third kappa shape index (κ3) is 4.55. The highest BCUT2D eigenvalue weighted by atomic mass is 16.5. The van der Waals surface area contributed by atoms with Crippen LogP contribution in [-0.4, -0.2) is 59.5 Å². The molecule has 156 valence electrons. The molecule has 1 aliphatic heterocycles. The molecule has 0 aliphatic carbocycles. The predicted molar refractivity (Wildman–Crippen MR) is 119 cm³/mol. The van der Waals surface area contributed by atoms with Crippen molar-refractivity contribution in [1.82, 2.24) is 15.1 Å². The quantitative estimate of drug-likeness (QED) is 0.534. The number of para-hydroxylation sites is 1. The molecule has 0 saturated carbocycles. The van der Waals surface area contributed by atoms with Crippen LogP contribution < -0.4 is 21.1 Å². The molecule has 0 amide bonds. The van der Waals surface area contributed by atoms with E-state index < -0.39 is 0 Å². The maximum atomic E-state index is 10.1. The number of anilines is 3. The van der Waals surface area contributed by atoms with Crippen molar-refractivity contribution in [3.63, 3.8) is 0 Å². The number of nitrogens with zero attached hydrogens (tertiary/aromatic N) is 4. The molecule has 2 heterocycles. The first kappa shape index (κ1) is 19.8. The molecule has 8 nitrogen and oxygen atoms in total. The Morgan fingerprint density at radius 2 is 1.73 bits per heavy atom. The summed E-state index contributed by atoms with van der Waals surface area (Å²) in [6, 6.07) is 16.5. The van der Waals surface area contributed by atoms with Crippen LogP contribution in [0, 0.1) is 0 Å². The van der Waals surface area contributed by atoms with Crippen LogP contribution in [0.4, 0.5) is 17.2 Å². The summed E-state index contributed by atoms with van der Waals surface area (Å²) >= 11 is 0. The summed E-state index contributed by atoms with van der Waals surface area (Å²) in [6.07, 6.45) is 0. The van der Waals surface area contributed by atoms with Crippen LogP contribution in [0.15, 0.2) is 54.6 Å². The molecule has 0 atom stereocenters. The molecule has 4 rings (SSSR count). The van der Waals surface area contributed by atoms with Crippen LogP contribution in [0.5, 0.6) is 11.5 Å². The number of hydrogen-bond acceptors (Lipinski definition) is 8. The zero-order valence-electron chi connectivity index (χ0n) is 16.7. The van der Waals surface area contributed by atoms with Crippen molar-refractivity contribution in [2.24, 2.45) is 0 Å². The molecule has 1 saturated heterocycles.